The molecule has 1 aromatic carbocycles. The van der Waals surface area contributed by atoms with Gasteiger partial charge in [0.25, 0.3) is 0 Å². The van der Waals surface area contributed by atoms with E-state index in [2.05, 4.69) is 34.8 Å². The van der Waals surface area contributed by atoms with Crippen LogP contribution in [0.15, 0.2) is 22.7 Å². The van der Waals surface area contributed by atoms with Crippen molar-refractivity contribution in [2.45, 2.75) is 31.5 Å². The number of nitrogens with two attached hydrogens (primary N) is 1. The highest BCUT2D eigenvalue weighted by molar-refractivity contribution is 9.10. The van der Waals surface area contributed by atoms with Crippen LogP contribution in [-0.2, 0) is 4.74 Å². The van der Waals surface area contributed by atoms with Crippen molar-refractivity contribution in [1.82, 2.24) is 4.90 Å². The number of rotatable bonds is 4. The van der Waals surface area contributed by atoms with E-state index in [9.17, 15) is 0 Å². The van der Waals surface area contributed by atoms with Crippen LogP contribution in [0.1, 0.15) is 24.9 Å². The highest BCUT2D eigenvalue weighted by Crippen LogP contribution is 2.32. The maximum atomic E-state index is 6.35. The van der Waals surface area contributed by atoms with Crippen LogP contribution < -0.4 is 5.73 Å². The van der Waals surface area contributed by atoms with Crippen LogP contribution in [-0.4, -0.2) is 37.2 Å². The number of hydrogen-bond donors (Lipinski definition) is 1. The van der Waals surface area contributed by atoms with Crippen LogP contribution in [0.25, 0.3) is 0 Å². The van der Waals surface area contributed by atoms with E-state index >= 15 is 0 Å². The molecule has 1 fully saturated rings. The molecule has 106 valence electrons. The maximum absolute atomic E-state index is 6.35. The summed E-state index contributed by atoms with van der Waals surface area (Å²) in [5.41, 5.74) is 7.05. The fourth-order valence-corrected chi connectivity index (χ4v) is 3.57. The monoisotopic (exact) mass is 346 g/mol. The quantitative estimate of drug-likeness (QED) is 0.909. The molecule has 2 rings (SSSR count). The average molecular weight is 348 g/mol. The summed E-state index contributed by atoms with van der Waals surface area (Å²) in [7, 11) is 2.10. The van der Waals surface area contributed by atoms with Gasteiger partial charge in [0.15, 0.2) is 0 Å². The Morgan fingerprint density at radius 3 is 2.84 bits per heavy atom. The molecule has 1 saturated heterocycles. The zero-order valence-corrected chi connectivity index (χ0v) is 13.6. The van der Waals surface area contributed by atoms with Gasteiger partial charge in [-0.3, -0.25) is 4.90 Å². The van der Waals surface area contributed by atoms with E-state index < -0.39 is 0 Å². The fraction of sp³-hybridized carbons (Fsp3) is 0.571. The minimum atomic E-state index is 0.120. The van der Waals surface area contributed by atoms with Gasteiger partial charge in [0.05, 0.1) is 6.10 Å². The molecule has 0 amide bonds. The third kappa shape index (κ3) is 3.31. The van der Waals surface area contributed by atoms with Gasteiger partial charge in [-0.1, -0.05) is 33.6 Å². The summed E-state index contributed by atoms with van der Waals surface area (Å²) in [4.78, 5) is 2.30. The largest absolute Gasteiger partial charge is 0.377 e. The van der Waals surface area contributed by atoms with Crippen LogP contribution in [0, 0.1) is 0 Å². The summed E-state index contributed by atoms with van der Waals surface area (Å²) in [5.74, 6) is 0. The first-order valence-corrected chi connectivity index (χ1v) is 7.70. The van der Waals surface area contributed by atoms with Crippen molar-refractivity contribution in [3.05, 3.63) is 33.3 Å². The SMILES string of the molecule is CC1OCCC1N(C)C(CN)c1ccc(Br)cc1Cl. The number of ether oxygens (including phenoxy) is 1. The minimum absolute atomic E-state index is 0.120. The van der Waals surface area contributed by atoms with Crippen molar-refractivity contribution in [3.8, 4) is 0 Å². The Morgan fingerprint density at radius 2 is 2.32 bits per heavy atom. The third-order valence-electron chi connectivity index (χ3n) is 3.90. The van der Waals surface area contributed by atoms with Gasteiger partial charge in [-0.2, -0.15) is 0 Å². The molecule has 3 unspecified atom stereocenters. The second kappa shape index (κ2) is 6.55. The maximum Gasteiger partial charge on any atom is 0.0703 e. The molecule has 1 heterocycles. The summed E-state index contributed by atoms with van der Waals surface area (Å²) < 4.78 is 6.63. The van der Waals surface area contributed by atoms with Crippen molar-refractivity contribution < 1.29 is 4.74 Å². The van der Waals surface area contributed by atoms with E-state index in [4.69, 9.17) is 22.1 Å². The number of benzene rings is 1. The van der Waals surface area contributed by atoms with Crippen LogP contribution in [0.4, 0.5) is 0 Å². The molecule has 1 aliphatic heterocycles. The standard InChI is InChI=1S/C14H20BrClN2O/c1-9-13(5-6-19-9)18(2)14(8-17)11-4-3-10(15)7-12(11)16/h3-4,7,9,13-14H,5-6,8,17H2,1-2H3. The van der Waals surface area contributed by atoms with E-state index in [0.29, 0.717) is 12.6 Å². The zero-order valence-electron chi connectivity index (χ0n) is 11.3. The summed E-state index contributed by atoms with van der Waals surface area (Å²) in [6.07, 6.45) is 1.29. The molecule has 3 nitrogen and oxygen atoms in total. The molecule has 19 heavy (non-hydrogen) atoms. The first-order valence-electron chi connectivity index (χ1n) is 6.53. The number of hydrogen-bond acceptors (Lipinski definition) is 3. The predicted molar refractivity (Wildman–Crippen MR) is 82.5 cm³/mol. The molecule has 0 aliphatic carbocycles. The van der Waals surface area contributed by atoms with Crippen LogP contribution in [0.2, 0.25) is 5.02 Å². The van der Waals surface area contributed by atoms with Gasteiger partial charge in [0.2, 0.25) is 0 Å². The van der Waals surface area contributed by atoms with Gasteiger partial charge >= 0.3 is 0 Å². The van der Waals surface area contributed by atoms with Gasteiger partial charge in [-0.15, -0.1) is 0 Å². The molecule has 1 aromatic rings. The Hall–Kier alpha value is -0.130. The summed E-state index contributed by atoms with van der Waals surface area (Å²) >= 11 is 9.78. The lowest BCUT2D eigenvalue weighted by Crippen LogP contribution is -2.42. The van der Waals surface area contributed by atoms with Gasteiger partial charge in [-0.25, -0.2) is 0 Å². The smallest absolute Gasteiger partial charge is 0.0703 e. The molecule has 0 spiro atoms. The summed E-state index contributed by atoms with van der Waals surface area (Å²) in [6.45, 7) is 3.48. The van der Waals surface area contributed by atoms with Crippen LogP contribution in [0.5, 0.6) is 0 Å². The predicted octanol–water partition coefficient (Wildman–Crippen LogP) is 3.21. The Labute approximate surface area is 128 Å². The fourth-order valence-electron chi connectivity index (χ4n) is 2.77. The first kappa shape index (κ1) is 15.3. The lowest BCUT2D eigenvalue weighted by atomic mass is 10.0. The van der Waals surface area contributed by atoms with E-state index in [1.165, 1.54) is 0 Å². The van der Waals surface area contributed by atoms with Crippen molar-refractivity contribution >= 4 is 27.5 Å². The van der Waals surface area contributed by atoms with Crippen LogP contribution >= 0.6 is 27.5 Å². The molecule has 0 aromatic heterocycles. The second-order valence-corrected chi connectivity index (χ2v) is 6.34. The Bertz CT molecular complexity index is 443. The van der Waals surface area contributed by atoms with Crippen molar-refractivity contribution in [1.29, 1.82) is 0 Å². The molecule has 0 saturated carbocycles. The first-order chi connectivity index (χ1) is 9.04. The number of halogens is 2. The van der Waals surface area contributed by atoms with E-state index in [0.717, 1.165) is 28.1 Å². The molecule has 5 heteroatoms. The zero-order chi connectivity index (χ0) is 14.0. The van der Waals surface area contributed by atoms with Crippen molar-refractivity contribution in [3.63, 3.8) is 0 Å². The summed E-state index contributed by atoms with van der Waals surface area (Å²) in [5, 5.41) is 0.753. The van der Waals surface area contributed by atoms with Crippen LogP contribution in [0.3, 0.4) is 0 Å². The lowest BCUT2D eigenvalue weighted by Gasteiger charge is -2.34. The Morgan fingerprint density at radius 1 is 1.58 bits per heavy atom. The highest BCUT2D eigenvalue weighted by Gasteiger charge is 2.32. The molecular weight excluding hydrogens is 328 g/mol. The van der Waals surface area contributed by atoms with Gasteiger partial charge in [0.1, 0.15) is 0 Å². The van der Waals surface area contributed by atoms with Crippen molar-refractivity contribution in [2.24, 2.45) is 5.73 Å². The topological polar surface area (TPSA) is 38.5 Å². The van der Waals surface area contributed by atoms with Gasteiger partial charge < -0.3 is 10.5 Å². The average Bonchev–Trinajstić information content (AvgIpc) is 2.78. The molecular formula is C14H20BrClN2O. The number of likely N-dealkylation sites (N-methyl/N-ethyl adjacent to an activating group) is 1. The molecule has 0 radical (unpaired) electrons. The Balaban J connectivity index is 2.23. The van der Waals surface area contributed by atoms with E-state index in [-0.39, 0.29) is 12.1 Å². The van der Waals surface area contributed by atoms with Crippen molar-refractivity contribution in [2.75, 3.05) is 20.2 Å². The molecule has 3 atom stereocenters. The summed E-state index contributed by atoms with van der Waals surface area (Å²) in [6, 6.07) is 6.48. The number of nitrogens with zero attached hydrogens (tertiary/aromatic N) is 1. The minimum Gasteiger partial charge on any atom is -0.377 e. The van der Waals surface area contributed by atoms with Gasteiger partial charge in [0, 0.05) is 34.7 Å². The highest BCUT2D eigenvalue weighted by atomic mass is 79.9. The molecule has 1 aliphatic rings. The van der Waals surface area contributed by atoms with E-state index in [1.54, 1.807) is 0 Å². The van der Waals surface area contributed by atoms with Gasteiger partial charge in [-0.05, 0) is 38.1 Å². The van der Waals surface area contributed by atoms with E-state index in [1.807, 2.05) is 18.2 Å². The molecule has 0 bridgehead atoms. The molecule has 2 N–H and O–H groups in total. The second-order valence-electron chi connectivity index (χ2n) is 5.01. The third-order valence-corrected chi connectivity index (χ3v) is 4.72. The normalized spacial score (nSPS) is 24.9. The Kier molecular flexibility index (Phi) is 5.26. The lowest BCUT2D eigenvalue weighted by molar-refractivity contribution is 0.0686.